The van der Waals surface area contributed by atoms with Gasteiger partial charge >= 0.3 is 5.97 Å². The Labute approximate surface area is 165 Å². The predicted octanol–water partition coefficient (Wildman–Crippen LogP) is 5.13. The molecule has 3 rings (SSSR count). The molecule has 0 spiro atoms. The van der Waals surface area contributed by atoms with Crippen molar-refractivity contribution in [3.05, 3.63) is 78.1 Å². The highest BCUT2D eigenvalue weighted by Crippen LogP contribution is 2.35. The third-order valence-corrected chi connectivity index (χ3v) is 4.02. The van der Waals surface area contributed by atoms with Crippen LogP contribution in [0.1, 0.15) is 16.1 Å². The molecule has 6 heteroatoms. The lowest BCUT2D eigenvalue weighted by molar-refractivity contribution is -0.689. The number of nitrogens with zero attached hydrogens (tertiary/aromatic N) is 1. The lowest BCUT2D eigenvalue weighted by atomic mass is 10.1. The van der Waals surface area contributed by atoms with Crippen molar-refractivity contribution < 1.29 is 14.1 Å². The fourth-order valence-corrected chi connectivity index (χ4v) is 2.99. The zero-order valence-electron chi connectivity index (χ0n) is 12.5. The average molecular weight is 515 g/mol. The maximum atomic E-state index is 12.8. The number of fused-ring (bicyclic) bond motifs is 1. The van der Waals surface area contributed by atoms with Crippen molar-refractivity contribution in [1.29, 1.82) is 0 Å². The van der Waals surface area contributed by atoms with Crippen LogP contribution in [0.5, 0.6) is 0 Å². The van der Waals surface area contributed by atoms with Gasteiger partial charge in [-0.3, -0.25) is 0 Å². The average Bonchev–Trinajstić information content (AvgIpc) is 2.54. The van der Waals surface area contributed by atoms with Crippen molar-refractivity contribution in [2.75, 3.05) is 0 Å². The van der Waals surface area contributed by atoms with Crippen LogP contribution >= 0.6 is 47.8 Å². The van der Waals surface area contributed by atoms with Gasteiger partial charge in [-0.1, -0.05) is 48.5 Å². The number of carbonyl (C=O) groups excluding carboxylic acids is 1. The monoisotopic (exact) mass is 512 g/mol. The number of esters is 1. The second-order valence-corrected chi connectivity index (χ2v) is 11.7. The van der Waals surface area contributed by atoms with E-state index in [1.54, 1.807) is 0 Å². The molecular weight excluding hydrogens is 502 g/mol. The smallest absolute Gasteiger partial charge is 0.407 e. The van der Waals surface area contributed by atoms with Crippen LogP contribution in [0, 0.1) is 0 Å². The normalized spacial score (nSPS) is 11.5. The molecule has 122 valence electrons. The zero-order valence-corrected chi connectivity index (χ0v) is 17.2. The van der Waals surface area contributed by atoms with E-state index >= 15 is 0 Å². The predicted molar refractivity (Wildman–Crippen MR) is 105 cm³/mol. The zero-order chi connectivity index (χ0) is 17.2. The highest BCUT2D eigenvalue weighted by molar-refractivity contribution is 9.39. The van der Waals surface area contributed by atoms with Crippen LogP contribution in [0.25, 0.3) is 10.8 Å². The number of aromatic nitrogens is 1. The first-order valence-corrected chi connectivity index (χ1v) is 9.57. The summed E-state index contributed by atoms with van der Waals surface area (Å²) in [5, 5.41) is 1.83. The van der Waals surface area contributed by atoms with Crippen molar-refractivity contribution in [1.82, 2.24) is 0 Å². The molecule has 0 aliphatic heterocycles. The Balaban J connectivity index is 2.11. The molecule has 0 amide bonds. The van der Waals surface area contributed by atoms with Crippen molar-refractivity contribution in [3.8, 4) is 0 Å². The molecule has 1 aromatic heterocycles. The van der Waals surface area contributed by atoms with Crippen molar-refractivity contribution in [3.63, 3.8) is 0 Å². The van der Waals surface area contributed by atoms with E-state index in [1.807, 2.05) is 71.4 Å². The number of hydrogen-bond acceptors (Lipinski definition) is 2. The van der Waals surface area contributed by atoms with E-state index < -0.39 is 8.30 Å². The van der Waals surface area contributed by atoms with E-state index in [2.05, 4.69) is 47.8 Å². The van der Waals surface area contributed by atoms with Gasteiger partial charge in [0.05, 0.1) is 5.39 Å². The lowest BCUT2D eigenvalue weighted by Gasteiger charge is -2.13. The minimum absolute atomic E-state index is 0.437. The maximum absolute atomic E-state index is 12.8. The lowest BCUT2D eigenvalue weighted by Crippen LogP contribution is -2.42. The molecule has 0 N–H and O–H groups in total. The molecule has 3 nitrogen and oxygen atoms in total. The minimum Gasteiger partial charge on any atom is -0.419 e. The Morgan fingerprint density at radius 3 is 2.33 bits per heavy atom. The number of rotatable bonds is 3. The summed E-state index contributed by atoms with van der Waals surface area (Å²) in [6.45, 7) is 0.579. The summed E-state index contributed by atoms with van der Waals surface area (Å²) in [5.41, 5.74) is 1.61. The topological polar surface area (TPSA) is 30.2 Å². The molecule has 0 fully saturated rings. The number of pyridine rings is 1. The molecular formula is C18H13Br3NO2+. The standard InChI is InChI=1S/C18H13Br3NO2/c19-18(20,21)24-17(23)16-15-9-5-4-8-14(15)10-11-22(16)12-13-6-2-1-3-7-13/h1-11H,12H2/q+1. The summed E-state index contributed by atoms with van der Waals surface area (Å²) < 4.78 is 6.21. The van der Waals surface area contributed by atoms with Gasteiger partial charge in [0.2, 0.25) is 0 Å². The van der Waals surface area contributed by atoms with Gasteiger partial charge in [-0.2, -0.15) is 4.57 Å². The number of halogens is 3. The number of carbonyl (C=O) groups is 1. The molecule has 0 atom stereocenters. The quantitative estimate of drug-likeness (QED) is 0.276. The molecule has 0 bridgehead atoms. The van der Waals surface area contributed by atoms with Gasteiger partial charge in [0.15, 0.2) is 12.7 Å². The summed E-state index contributed by atoms with van der Waals surface area (Å²) in [7, 11) is 0. The van der Waals surface area contributed by atoms with Crippen LogP contribution in [0.15, 0.2) is 66.9 Å². The Bertz CT molecular complexity index is 876. The van der Waals surface area contributed by atoms with Gasteiger partial charge < -0.3 is 4.74 Å². The second-order valence-electron chi connectivity index (χ2n) is 5.20. The Morgan fingerprint density at radius 2 is 1.62 bits per heavy atom. The summed E-state index contributed by atoms with van der Waals surface area (Å²) >= 11 is 9.64. The summed E-state index contributed by atoms with van der Waals surface area (Å²) in [4.78, 5) is 12.8. The molecule has 1 heterocycles. The Morgan fingerprint density at radius 1 is 0.958 bits per heavy atom. The third-order valence-electron chi connectivity index (χ3n) is 3.53. The second kappa shape index (κ2) is 7.33. The number of hydrogen-bond donors (Lipinski definition) is 0. The van der Waals surface area contributed by atoms with Crippen molar-refractivity contribution in [2.24, 2.45) is 0 Å². The molecule has 24 heavy (non-hydrogen) atoms. The van der Waals surface area contributed by atoms with Crippen LogP contribution < -0.4 is 4.57 Å². The van der Waals surface area contributed by atoms with Gasteiger partial charge in [-0.05, 0) is 59.2 Å². The molecule has 0 saturated heterocycles. The highest BCUT2D eigenvalue weighted by Gasteiger charge is 2.31. The summed E-state index contributed by atoms with van der Waals surface area (Å²) in [5.74, 6) is -0.437. The summed E-state index contributed by atoms with van der Waals surface area (Å²) in [6, 6.07) is 19.7. The van der Waals surface area contributed by atoms with Crippen molar-refractivity contribution in [2.45, 2.75) is 8.87 Å². The Kier molecular flexibility index (Phi) is 5.37. The first-order valence-electron chi connectivity index (χ1n) is 7.19. The summed E-state index contributed by atoms with van der Waals surface area (Å²) in [6.07, 6.45) is 1.91. The first kappa shape index (κ1) is 17.6. The van der Waals surface area contributed by atoms with E-state index in [4.69, 9.17) is 4.74 Å². The molecule has 0 aliphatic rings. The van der Waals surface area contributed by atoms with Crippen LogP contribution in [0.3, 0.4) is 0 Å². The molecule has 0 radical (unpaired) electrons. The first-order chi connectivity index (χ1) is 11.4. The van der Waals surface area contributed by atoms with E-state index in [1.165, 1.54) is 0 Å². The van der Waals surface area contributed by atoms with Crippen LogP contribution in [0.2, 0.25) is 0 Å². The molecule has 3 aromatic rings. The molecule has 0 aliphatic carbocycles. The van der Waals surface area contributed by atoms with Crippen LogP contribution in [-0.2, 0) is 11.3 Å². The van der Waals surface area contributed by atoms with Crippen LogP contribution in [0.4, 0.5) is 0 Å². The molecule has 0 unspecified atom stereocenters. The number of alkyl halides is 3. The van der Waals surface area contributed by atoms with E-state index in [0.717, 1.165) is 16.3 Å². The van der Waals surface area contributed by atoms with Gasteiger partial charge in [-0.25, -0.2) is 4.79 Å². The van der Waals surface area contributed by atoms with Crippen molar-refractivity contribution >= 4 is 64.5 Å². The van der Waals surface area contributed by atoms with Gasteiger partial charge in [0.25, 0.3) is 8.02 Å². The highest BCUT2D eigenvalue weighted by atomic mass is 80.0. The fourth-order valence-electron chi connectivity index (χ4n) is 2.55. The SMILES string of the molecule is O=C(OC(Br)(Br)Br)c1c2ccccc2cc[n+]1Cc1ccccc1. The largest absolute Gasteiger partial charge is 0.419 e. The number of ether oxygens (including phenoxy) is 1. The number of benzene rings is 2. The maximum Gasteiger partial charge on any atom is 0.407 e. The van der Waals surface area contributed by atoms with E-state index in [-0.39, 0.29) is 0 Å². The third kappa shape index (κ3) is 4.23. The molecule has 2 aromatic carbocycles. The minimum atomic E-state index is -1.09. The van der Waals surface area contributed by atoms with Crippen LogP contribution in [-0.4, -0.2) is 8.30 Å². The molecule has 0 saturated carbocycles. The Hall–Kier alpha value is -1.24. The van der Waals surface area contributed by atoms with Gasteiger partial charge in [0, 0.05) is 11.6 Å². The van der Waals surface area contributed by atoms with E-state index in [0.29, 0.717) is 12.2 Å². The van der Waals surface area contributed by atoms with Gasteiger partial charge in [-0.15, -0.1) is 0 Å². The van der Waals surface area contributed by atoms with E-state index in [9.17, 15) is 4.79 Å². The fraction of sp³-hybridized carbons (Fsp3) is 0.111. The van der Waals surface area contributed by atoms with Gasteiger partial charge in [0.1, 0.15) is 0 Å².